The highest BCUT2D eigenvalue weighted by atomic mass is 16.3. The van der Waals surface area contributed by atoms with Crippen LogP contribution in [0.4, 0.5) is 0 Å². The lowest BCUT2D eigenvalue weighted by atomic mass is 9.90. The Labute approximate surface area is 96.8 Å². The van der Waals surface area contributed by atoms with Crippen molar-refractivity contribution in [2.45, 2.75) is 18.8 Å². The molecule has 3 rings (SSSR count). The van der Waals surface area contributed by atoms with Crippen molar-refractivity contribution in [3.8, 4) is 0 Å². The van der Waals surface area contributed by atoms with E-state index in [4.69, 9.17) is 4.42 Å². The largest absolute Gasteiger partial charge is 0.462 e. The number of amides is 2. The second-order valence-corrected chi connectivity index (χ2v) is 4.07. The molecule has 0 aliphatic carbocycles. The number of rotatable bonds is 1. The molecule has 3 heterocycles. The van der Waals surface area contributed by atoms with E-state index >= 15 is 0 Å². The quantitative estimate of drug-likeness (QED) is 0.750. The minimum absolute atomic E-state index is 0.208. The smallest absolute Gasteiger partial charge is 0.234 e. The molecule has 0 aromatic carbocycles. The number of imide groups is 1. The number of carbonyl (C=O) groups excluding carboxylic acids is 2. The van der Waals surface area contributed by atoms with Gasteiger partial charge in [0.25, 0.3) is 0 Å². The first-order chi connectivity index (χ1) is 8.25. The molecule has 2 amide bonds. The number of piperidine rings is 1. The first-order valence-corrected chi connectivity index (χ1v) is 5.40. The Morgan fingerprint density at radius 2 is 2.29 bits per heavy atom. The van der Waals surface area contributed by atoms with Crippen molar-refractivity contribution >= 4 is 22.8 Å². The standard InChI is InChI=1S/C12H10N2O3/c15-11-2-1-8(12(16)14-11)9-6-17-10-5-13-4-3-7(9)10/h3-6,8H,1-2H2,(H,14,15,16). The minimum Gasteiger partial charge on any atom is -0.462 e. The topological polar surface area (TPSA) is 72.2 Å². The van der Waals surface area contributed by atoms with Crippen LogP contribution in [0.25, 0.3) is 11.0 Å². The number of pyridine rings is 1. The van der Waals surface area contributed by atoms with Crippen LogP contribution in [0.2, 0.25) is 0 Å². The summed E-state index contributed by atoms with van der Waals surface area (Å²) in [7, 11) is 0. The van der Waals surface area contributed by atoms with E-state index in [1.165, 1.54) is 0 Å². The van der Waals surface area contributed by atoms with Crippen molar-refractivity contribution in [3.05, 3.63) is 30.3 Å². The maximum absolute atomic E-state index is 11.8. The van der Waals surface area contributed by atoms with Gasteiger partial charge in [-0.25, -0.2) is 0 Å². The average Bonchev–Trinajstić information content (AvgIpc) is 2.73. The molecule has 2 aromatic rings. The van der Waals surface area contributed by atoms with E-state index in [-0.39, 0.29) is 17.7 Å². The van der Waals surface area contributed by atoms with E-state index in [2.05, 4.69) is 10.3 Å². The van der Waals surface area contributed by atoms with Crippen LogP contribution in [0.3, 0.4) is 0 Å². The maximum atomic E-state index is 11.8. The van der Waals surface area contributed by atoms with Crippen LogP contribution in [-0.2, 0) is 9.59 Å². The second kappa shape index (κ2) is 3.69. The molecule has 2 aromatic heterocycles. The molecule has 1 unspecified atom stereocenters. The summed E-state index contributed by atoms with van der Waals surface area (Å²) < 4.78 is 5.35. The van der Waals surface area contributed by atoms with Crippen molar-refractivity contribution in [2.24, 2.45) is 0 Å². The summed E-state index contributed by atoms with van der Waals surface area (Å²) in [4.78, 5) is 26.8. The van der Waals surface area contributed by atoms with Crippen molar-refractivity contribution in [1.29, 1.82) is 0 Å². The van der Waals surface area contributed by atoms with Gasteiger partial charge in [0.15, 0.2) is 5.58 Å². The molecule has 1 fully saturated rings. The molecular formula is C12H10N2O3. The van der Waals surface area contributed by atoms with Gasteiger partial charge >= 0.3 is 0 Å². The molecule has 0 bridgehead atoms. The minimum atomic E-state index is -0.309. The highest BCUT2D eigenvalue weighted by molar-refractivity contribution is 6.02. The fourth-order valence-corrected chi connectivity index (χ4v) is 2.16. The number of hydrogen-bond donors (Lipinski definition) is 1. The van der Waals surface area contributed by atoms with Crippen molar-refractivity contribution in [3.63, 3.8) is 0 Å². The molecule has 1 aliphatic heterocycles. The highest BCUT2D eigenvalue weighted by Crippen LogP contribution is 2.31. The predicted octanol–water partition coefficient (Wildman–Crippen LogP) is 1.35. The van der Waals surface area contributed by atoms with Crippen LogP contribution in [0.15, 0.2) is 29.1 Å². The molecule has 1 aliphatic rings. The predicted molar refractivity (Wildman–Crippen MR) is 59.1 cm³/mol. The molecular weight excluding hydrogens is 220 g/mol. The molecule has 1 atom stereocenters. The van der Waals surface area contributed by atoms with Gasteiger partial charge in [-0.3, -0.25) is 19.9 Å². The van der Waals surface area contributed by atoms with E-state index < -0.39 is 0 Å². The normalized spacial score (nSPS) is 20.6. The Hall–Kier alpha value is -2.17. The summed E-state index contributed by atoms with van der Waals surface area (Å²) in [6.45, 7) is 0. The lowest BCUT2D eigenvalue weighted by Gasteiger charge is -2.19. The van der Waals surface area contributed by atoms with Gasteiger partial charge in [-0.05, 0) is 12.5 Å². The van der Waals surface area contributed by atoms with Gasteiger partial charge < -0.3 is 4.42 Å². The van der Waals surface area contributed by atoms with E-state index in [9.17, 15) is 9.59 Å². The molecule has 0 saturated carbocycles. The summed E-state index contributed by atoms with van der Waals surface area (Å²) in [5.41, 5.74) is 1.49. The van der Waals surface area contributed by atoms with Crippen molar-refractivity contribution in [2.75, 3.05) is 0 Å². The van der Waals surface area contributed by atoms with Gasteiger partial charge in [0, 0.05) is 23.6 Å². The van der Waals surface area contributed by atoms with Gasteiger partial charge in [0.1, 0.15) is 0 Å². The van der Waals surface area contributed by atoms with Crippen LogP contribution in [-0.4, -0.2) is 16.8 Å². The van der Waals surface area contributed by atoms with Gasteiger partial charge in [-0.2, -0.15) is 0 Å². The summed E-state index contributed by atoms with van der Waals surface area (Å²) in [6, 6.07) is 1.82. The molecule has 0 radical (unpaired) electrons. The Balaban J connectivity index is 2.04. The Morgan fingerprint density at radius 3 is 3.12 bits per heavy atom. The molecule has 86 valence electrons. The molecule has 17 heavy (non-hydrogen) atoms. The summed E-state index contributed by atoms with van der Waals surface area (Å²) in [6.07, 6.45) is 5.75. The fraction of sp³-hybridized carbons (Fsp3) is 0.250. The zero-order valence-corrected chi connectivity index (χ0v) is 8.97. The molecule has 5 heteroatoms. The van der Waals surface area contributed by atoms with Crippen LogP contribution < -0.4 is 5.32 Å². The monoisotopic (exact) mass is 230 g/mol. The summed E-state index contributed by atoms with van der Waals surface area (Å²) in [5, 5.41) is 3.23. The summed E-state index contributed by atoms with van der Waals surface area (Å²) in [5.74, 6) is -0.766. The number of nitrogens with zero attached hydrogens (tertiary/aromatic N) is 1. The van der Waals surface area contributed by atoms with Crippen molar-refractivity contribution < 1.29 is 14.0 Å². The van der Waals surface area contributed by atoms with E-state index in [1.54, 1.807) is 18.7 Å². The van der Waals surface area contributed by atoms with Gasteiger partial charge in [0.2, 0.25) is 11.8 Å². The van der Waals surface area contributed by atoms with Gasteiger partial charge in [0.05, 0.1) is 18.4 Å². The van der Waals surface area contributed by atoms with Crippen LogP contribution in [0, 0.1) is 0 Å². The maximum Gasteiger partial charge on any atom is 0.234 e. The number of aromatic nitrogens is 1. The van der Waals surface area contributed by atoms with E-state index in [0.29, 0.717) is 18.4 Å². The number of nitrogens with one attached hydrogen (secondary N) is 1. The molecule has 1 N–H and O–H groups in total. The third-order valence-electron chi connectivity index (χ3n) is 3.02. The third-order valence-corrected chi connectivity index (χ3v) is 3.02. The Morgan fingerprint density at radius 1 is 1.41 bits per heavy atom. The van der Waals surface area contributed by atoms with Crippen LogP contribution >= 0.6 is 0 Å². The lowest BCUT2D eigenvalue weighted by Crippen LogP contribution is -2.39. The number of furan rings is 1. The lowest BCUT2D eigenvalue weighted by molar-refractivity contribution is -0.134. The average molecular weight is 230 g/mol. The zero-order valence-electron chi connectivity index (χ0n) is 8.97. The Bertz CT molecular complexity index is 603. The number of carbonyl (C=O) groups is 2. The molecule has 5 nitrogen and oxygen atoms in total. The third kappa shape index (κ3) is 1.60. The molecule has 1 saturated heterocycles. The van der Waals surface area contributed by atoms with E-state index in [1.807, 2.05) is 6.07 Å². The first kappa shape index (κ1) is 10.0. The fourth-order valence-electron chi connectivity index (χ4n) is 2.16. The van der Waals surface area contributed by atoms with Gasteiger partial charge in [-0.1, -0.05) is 0 Å². The number of fused-ring (bicyclic) bond motifs is 1. The zero-order chi connectivity index (χ0) is 11.8. The Kier molecular flexibility index (Phi) is 2.18. The highest BCUT2D eigenvalue weighted by Gasteiger charge is 2.30. The molecule has 0 spiro atoms. The van der Waals surface area contributed by atoms with Crippen molar-refractivity contribution in [1.82, 2.24) is 10.3 Å². The summed E-state index contributed by atoms with van der Waals surface area (Å²) >= 11 is 0. The van der Waals surface area contributed by atoms with Crippen LogP contribution in [0.5, 0.6) is 0 Å². The second-order valence-electron chi connectivity index (χ2n) is 4.07. The van der Waals surface area contributed by atoms with Crippen LogP contribution in [0.1, 0.15) is 24.3 Å². The SMILES string of the molecule is O=C1CCC(c2coc3cnccc23)C(=O)N1. The van der Waals surface area contributed by atoms with E-state index in [0.717, 1.165) is 10.9 Å². The van der Waals surface area contributed by atoms with Gasteiger partial charge in [-0.15, -0.1) is 0 Å². The first-order valence-electron chi connectivity index (χ1n) is 5.40. The number of hydrogen-bond acceptors (Lipinski definition) is 4.